The zero-order valence-corrected chi connectivity index (χ0v) is 21.9. The third-order valence-corrected chi connectivity index (χ3v) is 9.15. The first-order chi connectivity index (χ1) is 16.8. The first kappa shape index (κ1) is 25.9. The number of hydrogen-bond donors (Lipinski definition) is 1. The first-order valence-electron chi connectivity index (χ1n) is 12.1. The summed E-state index contributed by atoms with van der Waals surface area (Å²) in [7, 11) is -0.508. The van der Waals surface area contributed by atoms with Crippen molar-refractivity contribution < 1.29 is 22.6 Å². The molecule has 0 amide bonds. The minimum atomic E-state index is -3.86. The maximum absolute atomic E-state index is 13.5. The number of aryl methyl sites for hydroxylation is 1. The molecule has 0 bridgehead atoms. The van der Waals surface area contributed by atoms with Gasteiger partial charge in [0.15, 0.2) is 0 Å². The van der Waals surface area contributed by atoms with E-state index >= 15 is 0 Å². The molecule has 0 aromatic carbocycles. The Morgan fingerprint density at radius 3 is 2.31 bits per heavy atom. The SMILES string of the molecule is CO[C@H]1CCC[C@@H](OC)[C@@H]1n1c(NS(=O)(=O)[C@@H](C)[C@H](C)c2ncc(C)cn2)nnc1[C@H]1CCOC1. The van der Waals surface area contributed by atoms with Crippen molar-refractivity contribution in [1.82, 2.24) is 24.7 Å². The van der Waals surface area contributed by atoms with Crippen molar-refractivity contribution in [3.63, 3.8) is 0 Å². The number of anilines is 1. The molecule has 1 saturated heterocycles. The van der Waals surface area contributed by atoms with E-state index in [-0.39, 0.29) is 30.1 Å². The van der Waals surface area contributed by atoms with Gasteiger partial charge in [0.2, 0.25) is 16.0 Å². The fourth-order valence-corrected chi connectivity index (χ4v) is 6.21. The highest BCUT2D eigenvalue weighted by atomic mass is 32.2. The summed E-state index contributed by atoms with van der Waals surface area (Å²) in [6.45, 7) is 6.51. The lowest BCUT2D eigenvalue weighted by atomic mass is 9.88. The Hall–Kier alpha value is -2.15. The van der Waals surface area contributed by atoms with Crippen LogP contribution in [-0.4, -0.2) is 78.0 Å². The molecule has 1 N–H and O–H groups in total. The van der Waals surface area contributed by atoms with Crippen LogP contribution in [0.4, 0.5) is 5.95 Å². The van der Waals surface area contributed by atoms with Gasteiger partial charge in [0.05, 0.1) is 30.1 Å². The van der Waals surface area contributed by atoms with Crippen molar-refractivity contribution in [3.8, 4) is 0 Å². The lowest BCUT2D eigenvalue weighted by molar-refractivity contribution is -0.0564. The normalized spacial score (nSPS) is 27.0. The summed E-state index contributed by atoms with van der Waals surface area (Å²) in [5.41, 5.74) is 0.916. The highest BCUT2D eigenvalue weighted by molar-refractivity contribution is 7.93. The highest BCUT2D eigenvalue weighted by Crippen LogP contribution is 2.38. The summed E-state index contributed by atoms with van der Waals surface area (Å²) < 4.78 is 48.9. The average molecular weight is 509 g/mol. The molecular weight excluding hydrogens is 472 g/mol. The van der Waals surface area contributed by atoms with Crippen LogP contribution in [0, 0.1) is 6.92 Å². The Balaban J connectivity index is 1.69. The van der Waals surface area contributed by atoms with Crippen LogP contribution in [0.2, 0.25) is 0 Å². The molecule has 0 spiro atoms. The topological polar surface area (TPSA) is 130 Å². The van der Waals surface area contributed by atoms with Crippen molar-refractivity contribution in [2.75, 3.05) is 32.2 Å². The number of methoxy groups -OCH3 is 2. The summed E-state index contributed by atoms with van der Waals surface area (Å²) in [6, 6.07) is -0.268. The van der Waals surface area contributed by atoms with Gasteiger partial charge in [0.25, 0.3) is 0 Å². The first-order valence-corrected chi connectivity index (χ1v) is 13.7. The smallest absolute Gasteiger partial charge is 0.238 e. The molecule has 12 heteroatoms. The molecule has 2 fully saturated rings. The largest absolute Gasteiger partial charge is 0.381 e. The average Bonchev–Trinajstić information content (AvgIpc) is 3.52. The summed E-state index contributed by atoms with van der Waals surface area (Å²) in [6.07, 6.45) is 6.50. The third kappa shape index (κ3) is 5.35. The minimum Gasteiger partial charge on any atom is -0.381 e. The van der Waals surface area contributed by atoms with E-state index in [1.807, 2.05) is 18.4 Å². The van der Waals surface area contributed by atoms with Gasteiger partial charge in [0.1, 0.15) is 11.6 Å². The molecule has 1 aliphatic carbocycles. The minimum absolute atomic E-state index is 0.0231. The van der Waals surface area contributed by atoms with Crippen LogP contribution in [-0.2, 0) is 24.2 Å². The molecule has 1 saturated carbocycles. The Labute approximate surface area is 207 Å². The standard InChI is InChI=1S/C23H36N6O5S/c1-14-11-24-21(25-12-14)15(2)16(3)35(30,31)28-23-27-26-22(17-9-10-34-13-17)29(23)20-18(32-4)7-6-8-19(20)33-5/h11-12,15-20H,6-10,13H2,1-5H3,(H,27,28)/t15-,16-,17-,18-,19+,20+/m0/s1. The molecule has 2 aromatic rings. The van der Waals surface area contributed by atoms with Crippen LogP contribution in [0.15, 0.2) is 12.4 Å². The number of nitrogens with zero attached hydrogens (tertiary/aromatic N) is 5. The van der Waals surface area contributed by atoms with E-state index in [2.05, 4.69) is 24.9 Å². The fourth-order valence-electron chi connectivity index (χ4n) is 4.97. The van der Waals surface area contributed by atoms with Gasteiger partial charge in [-0.2, -0.15) is 0 Å². The molecule has 4 rings (SSSR count). The second-order valence-electron chi connectivity index (χ2n) is 9.54. The van der Waals surface area contributed by atoms with Crippen LogP contribution in [0.5, 0.6) is 0 Å². The number of sulfonamides is 1. The quantitative estimate of drug-likeness (QED) is 0.543. The van der Waals surface area contributed by atoms with E-state index in [9.17, 15) is 8.42 Å². The van der Waals surface area contributed by atoms with Crippen LogP contribution in [0.25, 0.3) is 0 Å². The number of nitrogens with one attached hydrogen (secondary N) is 1. The fraction of sp³-hybridized carbons (Fsp3) is 0.739. The predicted molar refractivity (Wildman–Crippen MR) is 130 cm³/mol. The van der Waals surface area contributed by atoms with Crippen molar-refractivity contribution in [2.45, 2.75) is 81.8 Å². The van der Waals surface area contributed by atoms with E-state index in [0.717, 1.165) is 31.2 Å². The van der Waals surface area contributed by atoms with Crippen molar-refractivity contribution in [1.29, 1.82) is 0 Å². The van der Waals surface area contributed by atoms with Crippen LogP contribution < -0.4 is 4.72 Å². The molecule has 35 heavy (non-hydrogen) atoms. The molecule has 6 atom stereocenters. The number of rotatable bonds is 9. The van der Waals surface area contributed by atoms with Gasteiger partial charge in [-0.1, -0.05) is 6.92 Å². The van der Waals surface area contributed by atoms with E-state index in [1.54, 1.807) is 33.5 Å². The Kier molecular flexibility index (Phi) is 8.04. The number of aromatic nitrogens is 5. The second-order valence-corrected chi connectivity index (χ2v) is 11.6. The molecule has 11 nitrogen and oxygen atoms in total. The summed E-state index contributed by atoms with van der Waals surface area (Å²) in [4.78, 5) is 8.65. The van der Waals surface area contributed by atoms with Gasteiger partial charge < -0.3 is 14.2 Å². The maximum Gasteiger partial charge on any atom is 0.238 e. The van der Waals surface area contributed by atoms with Gasteiger partial charge in [-0.25, -0.2) is 18.4 Å². The third-order valence-electron chi connectivity index (χ3n) is 7.30. The van der Waals surface area contributed by atoms with E-state index < -0.39 is 21.2 Å². The van der Waals surface area contributed by atoms with E-state index in [0.29, 0.717) is 24.9 Å². The monoisotopic (exact) mass is 508 g/mol. The molecule has 194 valence electrons. The Morgan fingerprint density at radius 2 is 1.74 bits per heavy atom. The Morgan fingerprint density at radius 1 is 1.09 bits per heavy atom. The molecule has 1 aliphatic heterocycles. The number of ether oxygens (including phenoxy) is 3. The van der Waals surface area contributed by atoms with Crippen molar-refractivity contribution in [2.24, 2.45) is 0 Å². The molecule has 0 unspecified atom stereocenters. The lowest BCUT2D eigenvalue weighted by Gasteiger charge is -2.38. The van der Waals surface area contributed by atoms with E-state index in [4.69, 9.17) is 14.2 Å². The molecular formula is C23H36N6O5S. The van der Waals surface area contributed by atoms with Gasteiger partial charge in [-0.05, 0) is 45.1 Å². The predicted octanol–water partition coefficient (Wildman–Crippen LogP) is 2.57. The van der Waals surface area contributed by atoms with Crippen LogP contribution in [0.3, 0.4) is 0 Å². The van der Waals surface area contributed by atoms with Gasteiger partial charge >= 0.3 is 0 Å². The highest BCUT2D eigenvalue weighted by Gasteiger charge is 2.41. The van der Waals surface area contributed by atoms with E-state index in [1.165, 1.54) is 0 Å². The summed E-state index contributed by atoms with van der Waals surface area (Å²) in [5, 5.41) is 7.94. The van der Waals surface area contributed by atoms with Gasteiger partial charge in [-0.3, -0.25) is 9.29 Å². The Bertz CT molecular complexity index is 1070. The lowest BCUT2D eigenvalue weighted by Crippen LogP contribution is -2.42. The zero-order valence-electron chi connectivity index (χ0n) is 21.0. The molecule has 0 radical (unpaired) electrons. The molecule has 2 aromatic heterocycles. The summed E-state index contributed by atoms with van der Waals surface area (Å²) >= 11 is 0. The van der Waals surface area contributed by atoms with Crippen LogP contribution in [0.1, 0.15) is 74.6 Å². The van der Waals surface area contributed by atoms with Crippen molar-refractivity contribution in [3.05, 3.63) is 29.6 Å². The van der Waals surface area contributed by atoms with Gasteiger partial charge in [0, 0.05) is 45.1 Å². The summed E-state index contributed by atoms with van der Waals surface area (Å²) in [5.74, 6) is 0.936. The van der Waals surface area contributed by atoms with Crippen molar-refractivity contribution >= 4 is 16.0 Å². The van der Waals surface area contributed by atoms with Crippen LogP contribution >= 0.6 is 0 Å². The second kappa shape index (κ2) is 10.9. The number of hydrogen-bond acceptors (Lipinski definition) is 9. The maximum atomic E-state index is 13.5. The zero-order chi connectivity index (χ0) is 25.2. The molecule has 2 aliphatic rings. The van der Waals surface area contributed by atoms with Gasteiger partial charge in [-0.15, -0.1) is 10.2 Å². The molecule has 3 heterocycles.